The van der Waals surface area contributed by atoms with Gasteiger partial charge in [0.05, 0.1) is 35.9 Å². The predicted octanol–water partition coefficient (Wildman–Crippen LogP) is 16.7. The van der Waals surface area contributed by atoms with E-state index in [9.17, 15) is 19.5 Å². The van der Waals surface area contributed by atoms with Crippen molar-refractivity contribution in [1.82, 2.24) is 30.6 Å². The Balaban J connectivity index is 0.000000129. The van der Waals surface area contributed by atoms with Crippen molar-refractivity contribution in [2.24, 2.45) is 35.5 Å². The highest BCUT2D eigenvalue weighted by Gasteiger charge is 2.55. The summed E-state index contributed by atoms with van der Waals surface area (Å²) >= 11 is 0. The number of fused-ring (bicyclic) bond motifs is 6. The number of aromatic nitrogens is 4. The molecule has 0 aliphatic heterocycles. The van der Waals surface area contributed by atoms with Crippen molar-refractivity contribution in [2.45, 2.75) is 140 Å². The molecule has 4 unspecified atom stereocenters. The Bertz CT molecular complexity index is 4400. The van der Waals surface area contributed by atoms with Gasteiger partial charge >= 0.3 is 0 Å². The van der Waals surface area contributed by atoms with Gasteiger partial charge in [0.2, 0.25) is 5.89 Å². The van der Waals surface area contributed by atoms with Gasteiger partial charge in [-0.2, -0.15) is 0 Å². The van der Waals surface area contributed by atoms with E-state index in [-0.39, 0.29) is 46.9 Å². The number of pyridine rings is 3. The Morgan fingerprint density at radius 3 is 1.10 bits per heavy atom. The van der Waals surface area contributed by atoms with Gasteiger partial charge in [-0.3, -0.25) is 29.3 Å². The van der Waals surface area contributed by atoms with Gasteiger partial charge in [-0.25, -0.2) is 4.98 Å². The molecule has 6 aliphatic carbocycles. The van der Waals surface area contributed by atoms with Crippen molar-refractivity contribution in [3.05, 3.63) is 292 Å². The van der Waals surface area contributed by atoms with Gasteiger partial charge in [0.15, 0.2) is 0 Å². The van der Waals surface area contributed by atoms with Crippen molar-refractivity contribution in [3.63, 3.8) is 0 Å². The molecule has 6 saturated carbocycles. The van der Waals surface area contributed by atoms with Gasteiger partial charge in [0.1, 0.15) is 48.6 Å². The normalized spacial score (nSPS) is 23.6. The second-order valence-corrected chi connectivity index (χ2v) is 29.0. The minimum Gasteiger partial charge on any atom is -0.487 e. The van der Waals surface area contributed by atoms with Crippen LogP contribution in [0.3, 0.4) is 0 Å². The summed E-state index contributed by atoms with van der Waals surface area (Å²) in [5, 5.41) is 14.9. The molecule has 10 atom stereocenters. The van der Waals surface area contributed by atoms with E-state index in [0.29, 0.717) is 54.6 Å². The van der Waals surface area contributed by atoms with E-state index in [1.54, 1.807) is 31.7 Å². The third-order valence-corrected chi connectivity index (χ3v) is 22.6. The largest absolute Gasteiger partial charge is 0.487 e. The zero-order chi connectivity index (χ0) is 69.3. The van der Waals surface area contributed by atoms with Crippen LogP contribution in [0.15, 0.2) is 229 Å². The van der Waals surface area contributed by atoms with Crippen LogP contribution in [-0.2, 0) is 40.9 Å². The van der Waals surface area contributed by atoms with E-state index >= 15 is 0 Å². The molecule has 4 heterocycles. The molecule has 101 heavy (non-hydrogen) atoms. The average molecular weight is 1350 g/mol. The molecule has 3 N–H and O–H groups in total. The minimum absolute atomic E-state index is 0.0168. The topological polar surface area (TPSA) is 188 Å². The highest BCUT2D eigenvalue weighted by atomic mass is 16.5. The van der Waals surface area contributed by atoms with Crippen LogP contribution in [0, 0.1) is 42.4 Å². The molecule has 6 fully saturated rings. The monoisotopic (exact) mass is 1350 g/mol. The van der Waals surface area contributed by atoms with E-state index in [1.807, 2.05) is 85.8 Å². The number of hydrogen-bond acceptors (Lipinski definition) is 12. The van der Waals surface area contributed by atoms with E-state index < -0.39 is 6.10 Å². The fraction of sp³-hybridized carbons (Fsp3) is 0.345. The fourth-order valence-electron chi connectivity index (χ4n) is 18.0. The number of amides is 2. The number of oxazole rings is 1. The number of benzene rings is 6. The fourth-order valence-corrected chi connectivity index (χ4v) is 18.0. The molecule has 516 valence electrons. The highest BCUT2D eigenvalue weighted by molar-refractivity contribution is 5.96. The first-order chi connectivity index (χ1) is 49.3. The summed E-state index contributed by atoms with van der Waals surface area (Å²) < 4.78 is 23.7. The Labute approximate surface area is 592 Å². The number of aliphatic hydroxyl groups excluding tert-OH is 1. The molecule has 0 spiro atoms. The zero-order valence-corrected chi connectivity index (χ0v) is 58.0. The van der Waals surface area contributed by atoms with E-state index in [4.69, 9.17) is 18.6 Å². The van der Waals surface area contributed by atoms with Crippen molar-refractivity contribution in [1.29, 1.82) is 0 Å². The maximum atomic E-state index is 12.4. The molecular formula is C87H90N6O8. The average Bonchev–Trinajstić information content (AvgIpc) is 1.61. The van der Waals surface area contributed by atoms with E-state index in [1.165, 1.54) is 105 Å². The highest BCUT2D eigenvalue weighted by Crippen LogP contribution is 2.63. The molecule has 2 amide bonds. The van der Waals surface area contributed by atoms with Crippen LogP contribution in [0.5, 0.6) is 17.2 Å². The molecule has 4 aromatic heterocycles. The standard InChI is InChI=1S/C29H32N2O3.C29H30N2O3.C29H28N2O2/c2*1-20(32)18-31-28(33)22-6-9-23(10-7-22)29(17-21-5-8-25(29)16-21)24-11-13-27(14-12-24)34-19-26-4-2-3-15-30-26;1-20-18-31-28(33-20)22-6-9-23(10-7-22)29(17-21-5-8-25(29)16-21)24-11-13-27(14-12-24)32-19-26-4-2-3-15-30-26/h2-4,6-7,9-15,20-21,25,32H,5,8,16-19H2,1H3,(H,31,33);2-4,6-7,9-15,21,25H,5,8,16-19H2,1H3,(H,31,33);2-4,6-7,9-15,18,21,25H,5,8,16-17,19H2,1H3/t20?,21?,25-,29+;2*21?,25-,29+/m111/s1. The summed E-state index contributed by atoms with van der Waals surface area (Å²) in [7, 11) is 0. The summed E-state index contributed by atoms with van der Waals surface area (Å²) in [6.07, 6.45) is 21.7. The first-order valence-electron chi connectivity index (χ1n) is 36.2. The summed E-state index contributed by atoms with van der Waals surface area (Å²) in [6.45, 7) is 6.76. The number of ketones is 1. The van der Waals surface area contributed by atoms with Crippen molar-refractivity contribution >= 4 is 17.6 Å². The van der Waals surface area contributed by atoms with Gasteiger partial charge in [0.25, 0.3) is 11.8 Å². The number of nitrogens with zero attached hydrogens (tertiary/aromatic N) is 4. The SMILES string of the molecule is CC(=O)CNC(=O)c1ccc([C@]2(c3ccc(OCc4ccccn4)cc3)CC3CC[C@@H]2C3)cc1.CC(O)CNC(=O)c1ccc([C@]2(c3ccc(OCc4ccccn4)cc3)CC3CC[C@@H]2C3)cc1.Cc1cnc(-c2ccc([C@]3(c4ccc(OCc5ccccn5)cc4)CC4CC[C@@H]3C4)cc2)o1. The summed E-state index contributed by atoms with van der Waals surface area (Å²) in [6, 6.07) is 68.5. The van der Waals surface area contributed by atoms with Crippen LogP contribution < -0.4 is 24.8 Å². The first-order valence-corrected chi connectivity index (χ1v) is 36.2. The molecular weight excluding hydrogens is 1260 g/mol. The lowest BCUT2D eigenvalue weighted by Gasteiger charge is -2.39. The molecule has 6 aliphatic rings. The van der Waals surface area contributed by atoms with Gasteiger partial charge < -0.3 is 34.4 Å². The Hall–Kier alpha value is -10.1. The number of nitrogens with one attached hydrogen (secondary N) is 2. The van der Waals surface area contributed by atoms with Crippen molar-refractivity contribution < 1.29 is 38.1 Å². The number of aliphatic hydroxyl groups is 1. The third-order valence-electron chi connectivity index (χ3n) is 22.6. The van der Waals surface area contributed by atoms with Crippen LogP contribution in [0.1, 0.15) is 168 Å². The number of carbonyl (C=O) groups is 3. The molecule has 0 saturated heterocycles. The summed E-state index contributed by atoms with van der Waals surface area (Å²) in [5.74, 6) is 7.94. The number of aryl methyl sites for hydroxylation is 1. The van der Waals surface area contributed by atoms with Crippen LogP contribution in [0.4, 0.5) is 0 Å². The molecule has 0 radical (unpaired) electrons. The lowest BCUT2D eigenvalue weighted by atomic mass is 9.64. The van der Waals surface area contributed by atoms with Gasteiger partial charge in [-0.05, 0) is 257 Å². The predicted molar refractivity (Wildman–Crippen MR) is 390 cm³/mol. The lowest BCUT2D eigenvalue weighted by Crippen LogP contribution is -2.34. The van der Waals surface area contributed by atoms with Gasteiger partial charge in [-0.15, -0.1) is 0 Å². The number of Topliss-reactive ketones (excluding diaryl/α,β-unsaturated/α-hetero) is 1. The Morgan fingerprint density at radius 1 is 0.465 bits per heavy atom. The van der Waals surface area contributed by atoms with Crippen molar-refractivity contribution in [3.8, 4) is 28.7 Å². The third kappa shape index (κ3) is 14.9. The summed E-state index contributed by atoms with van der Waals surface area (Å²) in [5.41, 5.74) is 13.0. The number of hydrogen-bond donors (Lipinski definition) is 3. The molecule has 14 nitrogen and oxygen atoms in total. The smallest absolute Gasteiger partial charge is 0.251 e. The Morgan fingerprint density at radius 2 is 0.812 bits per heavy atom. The minimum atomic E-state index is -0.559. The zero-order valence-electron chi connectivity index (χ0n) is 58.0. The molecule has 16 rings (SSSR count). The number of carbonyl (C=O) groups excluding carboxylic acids is 3. The van der Waals surface area contributed by atoms with Crippen molar-refractivity contribution in [2.75, 3.05) is 13.1 Å². The van der Waals surface area contributed by atoms with Gasteiger partial charge in [0, 0.05) is 58.1 Å². The second kappa shape index (κ2) is 30.4. The Kier molecular flexibility index (Phi) is 20.5. The van der Waals surface area contributed by atoms with Crippen LogP contribution >= 0.6 is 0 Å². The van der Waals surface area contributed by atoms with E-state index in [0.717, 1.165) is 76.2 Å². The molecule has 6 aromatic carbocycles. The second-order valence-electron chi connectivity index (χ2n) is 29.0. The van der Waals surface area contributed by atoms with Crippen LogP contribution in [0.2, 0.25) is 0 Å². The van der Waals surface area contributed by atoms with E-state index in [2.05, 4.69) is 152 Å². The first kappa shape index (κ1) is 68.1. The molecule has 14 heteroatoms. The number of ether oxygens (including phenoxy) is 3. The molecule has 10 aromatic rings. The maximum Gasteiger partial charge on any atom is 0.251 e. The van der Waals surface area contributed by atoms with Gasteiger partial charge in [-0.1, -0.05) is 110 Å². The summed E-state index contributed by atoms with van der Waals surface area (Å²) in [4.78, 5) is 53.4. The molecule has 6 bridgehead atoms. The van der Waals surface area contributed by atoms with Crippen LogP contribution in [-0.4, -0.2) is 61.8 Å². The quantitative estimate of drug-likeness (QED) is 0.0583. The maximum absolute atomic E-state index is 12.4. The lowest BCUT2D eigenvalue weighted by molar-refractivity contribution is -0.116. The van der Waals surface area contributed by atoms with Crippen LogP contribution in [0.25, 0.3) is 11.5 Å². The number of rotatable bonds is 22.